The summed E-state index contributed by atoms with van der Waals surface area (Å²) in [5.74, 6) is 0.481. The summed E-state index contributed by atoms with van der Waals surface area (Å²) < 4.78 is 11.2. The van der Waals surface area contributed by atoms with Crippen LogP contribution in [0, 0.1) is 18.3 Å². The Kier molecular flexibility index (Phi) is 5.31. The molecule has 0 bridgehead atoms. The fraction of sp³-hybridized carbons (Fsp3) is 0.545. The number of hydrogen-bond donors (Lipinski definition) is 0. The quantitative estimate of drug-likeness (QED) is 0.735. The van der Waals surface area contributed by atoms with Gasteiger partial charge in [-0.05, 0) is 62.6 Å². The van der Waals surface area contributed by atoms with Gasteiger partial charge in [0.25, 0.3) is 5.91 Å². The summed E-state index contributed by atoms with van der Waals surface area (Å²) in [6, 6.07) is 5.83. The first kappa shape index (κ1) is 19.5. The summed E-state index contributed by atoms with van der Waals surface area (Å²) in [5, 5.41) is 0. The van der Waals surface area contributed by atoms with Crippen molar-refractivity contribution >= 4 is 17.0 Å². The van der Waals surface area contributed by atoms with Crippen LogP contribution in [0.3, 0.4) is 0 Å². The molecule has 0 saturated heterocycles. The van der Waals surface area contributed by atoms with E-state index in [1.165, 1.54) is 0 Å². The van der Waals surface area contributed by atoms with Crippen molar-refractivity contribution in [3.8, 4) is 6.08 Å². The molecule has 1 aromatic carbocycles. The lowest BCUT2D eigenvalue weighted by Gasteiger charge is -2.38. The Balaban J connectivity index is 1.74. The zero-order valence-electron chi connectivity index (χ0n) is 17.2. The van der Waals surface area contributed by atoms with E-state index in [0.717, 1.165) is 29.6 Å². The number of carbonyl (C=O) groups is 1. The molecule has 0 N–H and O–H groups in total. The number of amides is 1. The number of allylic oxidation sites excluding steroid dienone is 2. The van der Waals surface area contributed by atoms with E-state index >= 15 is 0 Å². The van der Waals surface area contributed by atoms with Crippen LogP contribution in [0.15, 0.2) is 34.4 Å². The normalized spacial score (nSPS) is 19.2. The summed E-state index contributed by atoms with van der Waals surface area (Å²) in [5.41, 5.74) is 3.69. The predicted octanol–water partition coefficient (Wildman–Crippen LogP) is 5.09. The number of carbonyl (C=O) groups excluding carboxylic acids is 1. The van der Waals surface area contributed by atoms with Gasteiger partial charge < -0.3 is 14.1 Å². The van der Waals surface area contributed by atoms with E-state index in [1.54, 1.807) is 0 Å². The minimum atomic E-state index is -0.0872. The molecule has 2 aromatic rings. The number of rotatable bonds is 5. The standard InChI is InChI=1S/C22H30N2O3/c1-14(2)24(17-9-16(4)11-22(5,6)12-17)20(25)13-26-21-23-18-10-15(3)7-8-19(18)27-21/h7-8,10,12,14,16H,9,11,13H2,1-6H3. The average molecular weight is 370 g/mol. The van der Waals surface area contributed by atoms with Gasteiger partial charge in [-0.2, -0.15) is 4.98 Å². The fourth-order valence-electron chi connectivity index (χ4n) is 4.11. The van der Waals surface area contributed by atoms with E-state index < -0.39 is 0 Å². The highest BCUT2D eigenvalue weighted by Crippen LogP contribution is 2.38. The Morgan fingerprint density at radius 2 is 2.15 bits per heavy atom. The summed E-state index contributed by atoms with van der Waals surface area (Å²) in [6.45, 7) is 12.7. The van der Waals surface area contributed by atoms with Crippen LogP contribution < -0.4 is 4.74 Å². The number of fused-ring (bicyclic) bond motifs is 1. The second-order valence-corrected chi connectivity index (χ2v) is 8.73. The number of aryl methyl sites for hydroxylation is 1. The third kappa shape index (κ3) is 4.52. The van der Waals surface area contributed by atoms with E-state index in [0.29, 0.717) is 11.5 Å². The topological polar surface area (TPSA) is 55.6 Å². The van der Waals surface area contributed by atoms with Crippen molar-refractivity contribution in [2.75, 3.05) is 6.61 Å². The largest absolute Gasteiger partial charge is 0.440 e. The van der Waals surface area contributed by atoms with Crippen molar-refractivity contribution in [1.29, 1.82) is 0 Å². The average Bonchev–Trinajstić information content (AvgIpc) is 2.92. The zero-order chi connectivity index (χ0) is 19.8. The minimum absolute atomic E-state index is 0.0692. The van der Waals surface area contributed by atoms with Crippen molar-refractivity contribution in [2.45, 2.75) is 60.4 Å². The molecule has 1 heterocycles. The number of oxazole rings is 1. The number of hydrogen-bond acceptors (Lipinski definition) is 4. The second kappa shape index (κ2) is 7.37. The van der Waals surface area contributed by atoms with Gasteiger partial charge in [0.15, 0.2) is 12.2 Å². The predicted molar refractivity (Wildman–Crippen MR) is 106 cm³/mol. The van der Waals surface area contributed by atoms with Gasteiger partial charge in [0.2, 0.25) is 0 Å². The van der Waals surface area contributed by atoms with Crippen LogP contribution in [0.1, 0.15) is 53.0 Å². The number of nitrogens with zero attached hydrogens (tertiary/aromatic N) is 2. The van der Waals surface area contributed by atoms with Crippen molar-refractivity contribution in [3.05, 3.63) is 35.5 Å². The molecule has 0 spiro atoms. The monoisotopic (exact) mass is 370 g/mol. The van der Waals surface area contributed by atoms with Crippen LogP contribution in [0.2, 0.25) is 0 Å². The molecule has 0 aliphatic heterocycles. The maximum absolute atomic E-state index is 12.9. The van der Waals surface area contributed by atoms with E-state index in [-0.39, 0.29) is 30.0 Å². The van der Waals surface area contributed by atoms with Crippen molar-refractivity contribution in [2.24, 2.45) is 11.3 Å². The van der Waals surface area contributed by atoms with Crippen molar-refractivity contribution in [1.82, 2.24) is 9.88 Å². The minimum Gasteiger partial charge on any atom is -0.440 e. The summed E-state index contributed by atoms with van der Waals surface area (Å²) in [7, 11) is 0. The lowest BCUT2D eigenvalue weighted by molar-refractivity contribution is -0.133. The number of ether oxygens (including phenoxy) is 1. The molecule has 1 atom stereocenters. The smallest absolute Gasteiger partial charge is 0.395 e. The van der Waals surface area contributed by atoms with Gasteiger partial charge in [-0.15, -0.1) is 0 Å². The van der Waals surface area contributed by atoms with E-state index in [2.05, 4.69) is 31.8 Å². The molecule has 5 heteroatoms. The molecule has 1 aromatic heterocycles. The van der Waals surface area contributed by atoms with E-state index in [4.69, 9.17) is 9.15 Å². The van der Waals surface area contributed by atoms with Gasteiger partial charge in [-0.25, -0.2) is 0 Å². The first-order chi connectivity index (χ1) is 12.6. The fourth-order valence-corrected chi connectivity index (χ4v) is 4.11. The van der Waals surface area contributed by atoms with Gasteiger partial charge in [-0.1, -0.05) is 32.9 Å². The highest BCUT2D eigenvalue weighted by molar-refractivity contribution is 5.80. The Morgan fingerprint density at radius 3 is 2.81 bits per heavy atom. The molecule has 1 aliphatic rings. The molecule has 0 radical (unpaired) electrons. The maximum Gasteiger partial charge on any atom is 0.395 e. The van der Waals surface area contributed by atoms with Crippen LogP contribution >= 0.6 is 0 Å². The first-order valence-corrected chi connectivity index (χ1v) is 9.68. The summed E-state index contributed by atoms with van der Waals surface area (Å²) in [6.07, 6.45) is 4.43. The molecule has 27 heavy (non-hydrogen) atoms. The molecule has 146 valence electrons. The Labute approximate surface area is 161 Å². The Bertz CT molecular complexity index is 864. The number of benzene rings is 1. The second-order valence-electron chi connectivity index (χ2n) is 8.73. The molecule has 1 aliphatic carbocycles. The Morgan fingerprint density at radius 1 is 1.41 bits per heavy atom. The van der Waals surface area contributed by atoms with Gasteiger partial charge in [0.05, 0.1) is 0 Å². The molecule has 0 fully saturated rings. The van der Waals surface area contributed by atoms with E-state index in [1.807, 2.05) is 43.9 Å². The number of aromatic nitrogens is 1. The van der Waals surface area contributed by atoms with Crippen molar-refractivity contribution in [3.63, 3.8) is 0 Å². The molecule has 1 amide bonds. The highest BCUT2D eigenvalue weighted by Gasteiger charge is 2.31. The van der Waals surface area contributed by atoms with Gasteiger partial charge >= 0.3 is 6.08 Å². The lowest BCUT2D eigenvalue weighted by atomic mass is 9.76. The molecular formula is C22H30N2O3. The lowest BCUT2D eigenvalue weighted by Crippen LogP contribution is -2.41. The Hall–Kier alpha value is -2.30. The molecule has 0 saturated carbocycles. The molecule has 1 unspecified atom stereocenters. The third-order valence-electron chi connectivity index (χ3n) is 4.93. The van der Waals surface area contributed by atoms with Gasteiger partial charge in [-0.3, -0.25) is 4.79 Å². The molecular weight excluding hydrogens is 340 g/mol. The SMILES string of the molecule is Cc1ccc2oc(OCC(=O)N(C3=CC(C)(C)CC(C)C3)C(C)C)nc2c1. The van der Waals surface area contributed by atoms with Gasteiger partial charge in [0, 0.05) is 11.7 Å². The van der Waals surface area contributed by atoms with Crippen molar-refractivity contribution < 1.29 is 13.9 Å². The highest BCUT2D eigenvalue weighted by atomic mass is 16.6. The molecule has 3 rings (SSSR count). The van der Waals surface area contributed by atoms with E-state index in [9.17, 15) is 4.79 Å². The first-order valence-electron chi connectivity index (χ1n) is 9.68. The summed E-state index contributed by atoms with van der Waals surface area (Å²) >= 11 is 0. The van der Waals surface area contributed by atoms with Crippen LogP contribution in [0.5, 0.6) is 6.08 Å². The van der Waals surface area contributed by atoms with Crippen LogP contribution in [-0.2, 0) is 4.79 Å². The van der Waals surface area contributed by atoms with Crippen LogP contribution in [0.4, 0.5) is 0 Å². The van der Waals surface area contributed by atoms with Crippen LogP contribution in [-0.4, -0.2) is 28.4 Å². The maximum atomic E-state index is 12.9. The summed E-state index contributed by atoms with van der Waals surface area (Å²) in [4.78, 5) is 19.1. The van der Waals surface area contributed by atoms with Gasteiger partial charge in [0.1, 0.15) is 5.52 Å². The van der Waals surface area contributed by atoms with Crippen LogP contribution in [0.25, 0.3) is 11.1 Å². The molecule has 5 nitrogen and oxygen atoms in total. The third-order valence-corrected chi connectivity index (χ3v) is 4.93. The zero-order valence-corrected chi connectivity index (χ0v) is 17.2.